The molecule has 0 spiro atoms. The molecule has 0 saturated carbocycles. The van der Waals surface area contributed by atoms with Crippen molar-refractivity contribution in [1.82, 2.24) is 10.4 Å². The summed E-state index contributed by atoms with van der Waals surface area (Å²) in [5.41, 5.74) is 6.10. The van der Waals surface area contributed by atoms with E-state index in [0.717, 1.165) is 30.8 Å². The van der Waals surface area contributed by atoms with E-state index in [9.17, 15) is 4.79 Å². The van der Waals surface area contributed by atoms with E-state index in [-0.39, 0.29) is 0 Å². The summed E-state index contributed by atoms with van der Waals surface area (Å²) < 4.78 is 0. The highest BCUT2D eigenvalue weighted by Gasteiger charge is 2.36. The number of carbonyl (C=O) groups excluding carboxylic acids is 1. The fraction of sp³-hybridized carbons (Fsp3) is 0.353. The van der Waals surface area contributed by atoms with Gasteiger partial charge in [0.15, 0.2) is 6.29 Å². The molecule has 2 fully saturated rings. The predicted octanol–water partition coefficient (Wildman–Crippen LogP) is 3.15. The number of aldehydes is 1. The smallest absolute Gasteiger partial charge is 0.160 e. The summed E-state index contributed by atoms with van der Waals surface area (Å²) in [5, 5.41) is 2.33. The fourth-order valence-corrected chi connectivity index (χ4v) is 4.64. The summed E-state index contributed by atoms with van der Waals surface area (Å²) in [6, 6.07) is 12.6. The van der Waals surface area contributed by atoms with Crippen LogP contribution in [-0.2, 0) is 0 Å². The number of nitrogens with one attached hydrogen (secondary N) is 1. The quantitative estimate of drug-likeness (QED) is 0.884. The molecule has 3 heterocycles. The fourth-order valence-electron chi connectivity index (χ4n) is 3.59. The largest absolute Gasteiger partial charge is 0.297 e. The molecule has 2 aliphatic rings. The Bertz CT molecular complexity index is 652. The number of fused-ring (bicyclic) bond motifs is 2. The topological polar surface area (TPSA) is 32.3 Å². The molecule has 3 atom stereocenters. The van der Waals surface area contributed by atoms with E-state index < -0.39 is 0 Å². The zero-order valence-corrected chi connectivity index (χ0v) is 12.6. The Balaban J connectivity index is 1.77. The lowest BCUT2D eigenvalue weighted by molar-refractivity contribution is 0.112. The molecule has 0 radical (unpaired) electrons. The highest BCUT2D eigenvalue weighted by Crippen LogP contribution is 2.42. The van der Waals surface area contributed by atoms with Gasteiger partial charge in [-0.15, -0.1) is 11.3 Å². The van der Waals surface area contributed by atoms with Crippen molar-refractivity contribution in [3.63, 3.8) is 0 Å². The van der Waals surface area contributed by atoms with Crippen LogP contribution < -0.4 is 5.43 Å². The van der Waals surface area contributed by atoms with Crippen LogP contribution in [0.5, 0.6) is 0 Å². The summed E-state index contributed by atoms with van der Waals surface area (Å²) in [4.78, 5) is 13.3. The molecular weight excluding hydrogens is 280 g/mol. The van der Waals surface area contributed by atoms with Crippen LogP contribution >= 0.6 is 11.3 Å². The zero-order chi connectivity index (χ0) is 14.2. The molecule has 2 bridgehead atoms. The number of rotatable bonds is 3. The molecular formula is C17H18N2OS. The molecule has 2 aromatic rings. The normalized spacial score (nSPS) is 27.7. The molecule has 4 heteroatoms. The summed E-state index contributed by atoms with van der Waals surface area (Å²) in [6.45, 7) is 3.26. The van der Waals surface area contributed by atoms with Crippen LogP contribution in [0.15, 0.2) is 36.4 Å². The summed E-state index contributed by atoms with van der Waals surface area (Å²) in [7, 11) is 0. The third-order valence-electron chi connectivity index (χ3n) is 4.66. The second-order valence-electron chi connectivity index (χ2n) is 5.88. The van der Waals surface area contributed by atoms with E-state index >= 15 is 0 Å². The van der Waals surface area contributed by atoms with Gasteiger partial charge in [-0.25, -0.2) is 5.01 Å². The van der Waals surface area contributed by atoms with Gasteiger partial charge in [0.2, 0.25) is 0 Å². The van der Waals surface area contributed by atoms with Crippen molar-refractivity contribution in [2.45, 2.75) is 12.3 Å². The first-order valence-electron chi connectivity index (χ1n) is 7.48. The van der Waals surface area contributed by atoms with E-state index in [1.165, 1.54) is 22.4 Å². The summed E-state index contributed by atoms with van der Waals surface area (Å²) >= 11 is 1.62. The maximum absolute atomic E-state index is 11.2. The number of carbonyl (C=O) groups is 1. The minimum atomic E-state index is 0.518. The highest BCUT2D eigenvalue weighted by molar-refractivity contribution is 7.17. The maximum atomic E-state index is 11.2. The van der Waals surface area contributed by atoms with Gasteiger partial charge in [0, 0.05) is 30.4 Å². The van der Waals surface area contributed by atoms with Crippen molar-refractivity contribution in [2.24, 2.45) is 5.92 Å². The average molecular weight is 298 g/mol. The van der Waals surface area contributed by atoms with Gasteiger partial charge in [-0.3, -0.25) is 10.2 Å². The molecule has 2 aliphatic heterocycles. The third kappa shape index (κ3) is 2.33. The number of hydrogen-bond donors (Lipinski definition) is 1. The van der Waals surface area contributed by atoms with Crippen molar-refractivity contribution >= 4 is 17.6 Å². The number of benzene rings is 1. The van der Waals surface area contributed by atoms with Crippen LogP contribution in [-0.4, -0.2) is 30.9 Å². The lowest BCUT2D eigenvalue weighted by Crippen LogP contribution is -2.44. The SMILES string of the molecule is O=Cc1cc(C2CNN3CCC2C3)c(-c2ccccc2)s1. The lowest BCUT2D eigenvalue weighted by atomic mass is 9.84. The van der Waals surface area contributed by atoms with Gasteiger partial charge >= 0.3 is 0 Å². The van der Waals surface area contributed by atoms with Crippen molar-refractivity contribution in [3.05, 3.63) is 46.8 Å². The van der Waals surface area contributed by atoms with Crippen LogP contribution in [0.25, 0.3) is 10.4 Å². The Hall–Kier alpha value is -1.49. The Morgan fingerprint density at radius 1 is 1.29 bits per heavy atom. The maximum Gasteiger partial charge on any atom is 0.160 e. The van der Waals surface area contributed by atoms with Crippen LogP contribution in [0.3, 0.4) is 0 Å². The van der Waals surface area contributed by atoms with Crippen LogP contribution in [0.1, 0.15) is 27.6 Å². The van der Waals surface area contributed by atoms with Crippen molar-refractivity contribution < 1.29 is 4.79 Å². The first kappa shape index (κ1) is 13.2. The zero-order valence-electron chi connectivity index (χ0n) is 11.8. The van der Waals surface area contributed by atoms with E-state index in [4.69, 9.17) is 0 Å². The minimum absolute atomic E-state index is 0.518. The molecule has 2 saturated heterocycles. The highest BCUT2D eigenvalue weighted by atomic mass is 32.1. The van der Waals surface area contributed by atoms with Gasteiger partial charge in [-0.05, 0) is 29.5 Å². The van der Waals surface area contributed by atoms with Gasteiger partial charge < -0.3 is 0 Å². The number of nitrogens with zero attached hydrogens (tertiary/aromatic N) is 1. The molecule has 0 aliphatic carbocycles. The van der Waals surface area contributed by atoms with Gasteiger partial charge in [-0.1, -0.05) is 30.3 Å². The standard InChI is InChI=1S/C17H18N2OS/c20-11-14-8-15(16-9-18-19-7-6-13(16)10-19)17(21-14)12-4-2-1-3-5-12/h1-5,8,11,13,16,18H,6-7,9-10H2. The molecule has 1 N–H and O–H groups in total. The molecule has 108 valence electrons. The van der Waals surface area contributed by atoms with Gasteiger partial charge in [0.25, 0.3) is 0 Å². The second kappa shape index (κ2) is 5.37. The van der Waals surface area contributed by atoms with E-state index in [1.807, 2.05) is 6.07 Å². The first-order valence-corrected chi connectivity index (χ1v) is 8.29. The van der Waals surface area contributed by atoms with Crippen LogP contribution in [0.4, 0.5) is 0 Å². The number of thiophene rings is 1. The summed E-state index contributed by atoms with van der Waals surface area (Å²) in [6.07, 6.45) is 2.23. The Kier molecular flexibility index (Phi) is 3.37. The average Bonchev–Trinajstić information content (AvgIpc) is 3.13. The Labute approximate surface area is 128 Å². The molecule has 1 aromatic heterocycles. The van der Waals surface area contributed by atoms with E-state index in [2.05, 4.69) is 40.8 Å². The molecule has 4 rings (SSSR count). The summed E-state index contributed by atoms with van der Waals surface area (Å²) in [5.74, 6) is 1.23. The number of hydrogen-bond acceptors (Lipinski definition) is 4. The third-order valence-corrected chi connectivity index (χ3v) is 5.79. The van der Waals surface area contributed by atoms with Gasteiger partial charge in [0.05, 0.1) is 4.88 Å². The van der Waals surface area contributed by atoms with Crippen molar-refractivity contribution in [3.8, 4) is 10.4 Å². The van der Waals surface area contributed by atoms with Gasteiger partial charge in [0.1, 0.15) is 0 Å². The van der Waals surface area contributed by atoms with Crippen molar-refractivity contribution in [2.75, 3.05) is 19.6 Å². The van der Waals surface area contributed by atoms with Crippen LogP contribution in [0.2, 0.25) is 0 Å². The lowest BCUT2D eigenvalue weighted by Gasteiger charge is -2.31. The molecule has 0 amide bonds. The molecule has 21 heavy (non-hydrogen) atoms. The van der Waals surface area contributed by atoms with Gasteiger partial charge in [-0.2, -0.15) is 0 Å². The van der Waals surface area contributed by atoms with E-state index in [0.29, 0.717) is 11.8 Å². The molecule has 3 nitrogen and oxygen atoms in total. The van der Waals surface area contributed by atoms with Crippen LogP contribution in [0, 0.1) is 5.92 Å². The minimum Gasteiger partial charge on any atom is -0.297 e. The number of hydrazine groups is 1. The van der Waals surface area contributed by atoms with Crippen molar-refractivity contribution in [1.29, 1.82) is 0 Å². The Morgan fingerprint density at radius 2 is 2.14 bits per heavy atom. The second-order valence-corrected chi connectivity index (χ2v) is 6.96. The molecule has 3 unspecified atom stereocenters. The van der Waals surface area contributed by atoms with E-state index in [1.54, 1.807) is 11.3 Å². The predicted molar refractivity (Wildman–Crippen MR) is 85.6 cm³/mol. The first-order chi connectivity index (χ1) is 10.3. The monoisotopic (exact) mass is 298 g/mol. The Morgan fingerprint density at radius 3 is 2.95 bits per heavy atom. The molecule has 1 aromatic carbocycles.